The van der Waals surface area contributed by atoms with Gasteiger partial charge >= 0.3 is 0 Å². The van der Waals surface area contributed by atoms with Crippen LogP contribution in [0.25, 0.3) is 16.9 Å². The third-order valence-electron chi connectivity index (χ3n) is 7.57. The largest absolute Gasteiger partial charge is 0.454 e. The highest BCUT2D eigenvalue weighted by Crippen LogP contribution is 2.50. The van der Waals surface area contributed by atoms with Gasteiger partial charge in [-0.05, 0) is 29.8 Å². The molecule has 11 heteroatoms. The minimum Gasteiger partial charge on any atom is -0.454 e. The molecule has 0 saturated carbocycles. The number of morpholine rings is 1. The van der Waals surface area contributed by atoms with Crippen molar-refractivity contribution in [2.75, 3.05) is 50.3 Å². The van der Waals surface area contributed by atoms with Gasteiger partial charge in [-0.3, -0.25) is 14.5 Å². The summed E-state index contributed by atoms with van der Waals surface area (Å²) in [4.78, 5) is 30.9. The average molecular weight is 603 g/mol. The Balaban J connectivity index is 1.45. The predicted molar refractivity (Wildman–Crippen MR) is 161 cm³/mol. The number of nitrogens with zero attached hydrogens (tertiary/aromatic N) is 4. The topological polar surface area (TPSA) is 86.1 Å². The molecule has 3 aliphatic heterocycles. The quantitative estimate of drug-likeness (QED) is 0.320. The average Bonchev–Trinajstić information content (AvgIpc) is 3.63. The molecule has 42 heavy (non-hydrogen) atoms. The Labute approximate surface area is 251 Å². The SMILES string of the molecule is O=C(CN1C(=O)CS[C@H](c2ccc3c(c2)OCO3)c2c(-c3ccccc3)nn(-c3ccccc3Cl)c21)N1CCOCC1. The number of fused-ring (bicyclic) bond motifs is 2. The molecule has 0 N–H and O–H groups in total. The van der Waals surface area contributed by atoms with Gasteiger partial charge < -0.3 is 19.1 Å². The lowest BCUT2D eigenvalue weighted by Gasteiger charge is -2.30. The minimum atomic E-state index is -0.298. The molecule has 0 unspecified atom stereocenters. The number of rotatable bonds is 5. The number of para-hydroxylation sites is 1. The summed E-state index contributed by atoms with van der Waals surface area (Å²) in [7, 11) is 0. The van der Waals surface area contributed by atoms with Crippen molar-refractivity contribution in [1.82, 2.24) is 14.7 Å². The lowest BCUT2D eigenvalue weighted by atomic mass is 9.99. The molecule has 0 aliphatic carbocycles. The van der Waals surface area contributed by atoms with E-state index in [0.29, 0.717) is 60.0 Å². The first-order valence-corrected chi connectivity index (χ1v) is 15.1. The Morgan fingerprint density at radius 2 is 1.74 bits per heavy atom. The van der Waals surface area contributed by atoms with E-state index in [-0.39, 0.29) is 36.2 Å². The lowest BCUT2D eigenvalue weighted by molar-refractivity contribution is -0.134. The fraction of sp³-hybridized carbons (Fsp3) is 0.258. The zero-order valence-electron chi connectivity index (χ0n) is 22.6. The van der Waals surface area contributed by atoms with Crippen LogP contribution in [0, 0.1) is 0 Å². The first-order chi connectivity index (χ1) is 20.6. The number of ether oxygens (including phenoxy) is 3. The van der Waals surface area contributed by atoms with Crippen molar-refractivity contribution < 1.29 is 23.8 Å². The number of hydrogen-bond acceptors (Lipinski definition) is 7. The Kier molecular flexibility index (Phi) is 7.27. The van der Waals surface area contributed by atoms with Gasteiger partial charge in [-0.1, -0.05) is 60.1 Å². The number of amides is 2. The van der Waals surface area contributed by atoms with Crippen LogP contribution < -0.4 is 14.4 Å². The van der Waals surface area contributed by atoms with E-state index in [1.54, 1.807) is 20.5 Å². The summed E-state index contributed by atoms with van der Waals surface area (Å²) in [5.41, 5.74) is 3.98. The second kappa shape index (κ2) is 11.4. The number of thioether (sulfide) groups is 1. The van der Waals surface area contributed by atoms with E-state index in [1.807, 2.05) is 66.7 Å². The van der Waals surface area contributed by atoms with Crippen molar-refractivity contribution in [3.05, 3.63) is 88.9 Å². The molecule has 9 nitrogen and oxygen atoms in total. The molecule has 1 aromatic heterocycles. The number of carbonyl (C=O) groups is 2. The Morgan fingerprint density at radius 1 is 0.976 bits per heavy atom. The summed E-state index contributed by atoms with van der Waals surface area (Å²) >= 11 is 8.24. The molecule has 2 amide bonds. The van der Waals surface area contributed by atoms with Gasteiger partial charge in [0.25, 0.3) is 0 Å². The van der Waals surface area contributed by atoms with Crippen molar-refractivity contribution in [2.24, 2.45) is 0 Å². The summed E-state index contributed by atoms with van der Waals surface area (Å²) in [6.45, 7) is 1.97. The highest BCUT2D eigenvalue weighted by molar-refractivity contribution is 8.00. The molecular formula is C31H27ClN4O5S. The van der Waals surface area contributed by atoms with Crippen LogP contribution in [-0.2, 0) is 14.3 Å². The zero-order chi connectivity index (χ0) is 28.6. The van der Waals surface area contributed by atoms with E-state index >= 15 is 0 Å². The van der Waals surface area contributed by atoms with Gasteiger partial charge in [0.2, 0.25) is 18.6 Å². The Morgan fingerprint density at radius 3 is 2.55 bits per heavy atom. The summed E-state index contributed by atoms with van der Waals surface area (Å²) in [6.07, 6.45) is 0. The number of halogens is 1. The maximum absolute atomic E-state index is 14.0. The standard InChI is InChI=1S/C31H27ClN4O5S/c32-22-8-4-5-9-23(22)36-31-28(29(33-36)20-6-2-1-3-7-20)30(21-10-11-24-25(16-21)41-19-40-24)42-18-27(38)35(31)17-26(37)34-12-14-39-15-13-34/h1-11,16,30H,12-15,17-19H2/t30-/m1/s1. The second-order valence-electron chi connectivity index (χ2n) is 10.1. The van der Waals surface area contributed by atoms with Gasteiger partial charge in [-0.2, -0.15) is 5.10 Å². The fourth-order valence-corrected chi connectivity index (χ4v) is 6.91. The van der Waals surface area contributed by atoms with Gasteiger partial charge in [-0.15, -0.1) is 11.8 Å². The lowest BCUT2D eigenvalue weighted by Crippen LogP contribution is -2.48. The number of hydrogen-bond donors (Lipinski definition) is 0. The number of carbonyl (C=O) groups excluding carboxylic acids is 2. The zero-order valence-corrected chi connectivity index (χ0v) is 24.1. The molecule has 1 saturated heterocycles. The molecule has 3 aromatic carbocycles. The van der Waals surface area contributed by atoms with Crippen molar-refractivity contribution in [3.8, 4) is 28.4 Å². The molecule has 0 radical (unpaired) electrons. The third-order valence-corrected chi connectivity index (χ3v) is 9.15. The van der Waals surface area contributed by atoms with Gasteiger partial charge in [0.05, 0.1) is 40.6 Å². The Bertz CT molecular complexity index is 1660. The first kappa shape index (κ1) is 26.9. The van der Waals surface area contributed by atoms with Crippen molar-refractivity contribution >= 4 is 41.0 Å². The van der Waals surface area contributed by atoms with Crippen LogP contribution in [0.15, 0.2) is 72.8 Å². The molecule has 7 rings (SSSR count). The highest BCUT2D eigenvalue weighted by atomic mass is 35.5. The van der Waals surface area contributed by atoms with E-state index in [9.17, 15) is 9.59 Å². The van der Waals surface area contributed by atoms with Crippen LogP contribution in [0.5, 0.6) is 11.5 Å². The molecule has 1 fully saturated rings. The second-order valence-corrected chi connectivity index (χ2v) is 11.6. The smallest absolute Gasteiger partial charge is 0.242 e. The fourth-order valence-electron chi connectivity index (χ4n) is 5.51. The summed E-state index contributed by atoms with van der Waals surface area (Å²) in [6, 6.07) is 23.1. The molecule has 214 valence electrons. The maximum atomic E-state index is 14.0. The minimum absolute atomic E-state index is 0.120. The van der Waals surface area contributed by atoms with Crippen molar-refractivity contribution in [1.29, 1.82) is 0 Å². The third kappa shape index (κ3) is 4.89. The maximum Gasteiger partial charge on any atom is 0.242 e. The van der Waals surface area contributed by atoms with E-state index in [2.05, 4.69) is 0 Å². The van der Waals surface area contributed by atoms with Crippen molar-refractivity contribution in [2.45, 2.75) is 5.25 Å². The van der Waals surface area contributed by atoms with E-state index in [0.717, 1.165) is 16.7 Å². The predicted octanol–water partition coefficient (Wildman–Crippen LogP) is 4.95. The van der Waals surface area contributed by atoms with Crippen molar-refractivity contribution in [3.63, 3.8) is 0 Å². The first-order valence-electron chi connectivity index (χ1n) is 13.7. The number of aromatic nitrogens is 2. The van der Waals surface area contributed by atoms with Crippen LogP contribution in [0.3, 0.4) is 0 Å². The summed E-state index contributed by atoms with van der Waals surface area (Å²) in [5.74, 6) is 1.71. The van der Waals surface area contributed by atoms with Gasteiger partial charge in [0.15, 0.2) is 11.5 Å². The van der Waals surface area contributed by atoms with E-state index in [4.69, 9.17) is 30.9 Å². The van der Waals surface area contributed by atoms with Gasteiger partial charge in [0.1, 0.15) is 12.4 Å². The summed E-state index contributed by atoms with van der Waals surface area (Å²) in [5, 5.41) is 5.29. The van der Waals surface area contributed by atoms with Crippen LogP contribution in [0.2, 0.25) is 5.02 Å². The Hall–Kier alpha value is -3.99. The van der Waals surface area contributed by atoms with E-state index in [1.165, 1.54) is 11.8 Å². The molecule has 0 bridgehead atoms. The summed E-state index contributed by atoms with van der Waals surface area (Å²) < 4.78 is 18.4. The molecule has 1 atom stereocenters. The number of anilines is 1. The van der Waals surface area contributed by atoms with Crippen LogP contribution in [-0.4, -0.2) is 71.9 Å². The van der Waals surface area contributed by atoms with E-state index < -0.39 is 0 Å². The van der Waals surface area contributed by atoms with Gasteiger partial charge in [-0.25, -0.2) is 4.68 Å². The molecule has 0 spiro atoms. The molecule has 3 aliphatic rings. The molecule has 4 aromatic rings. The number of benzene rings is 3. The van der Waals surface area contributed by atoms with Gasteiger partial charge in [0, 0.05) is 24.2 Å². The van der Waals surface area contributed by atoms with Crippen LogP contribution in [0.4, 0.5) is 5.82 Å². The monoisotopic (exact) mass is 602 g/mol. The van der Waals surface area contributed by atoms with Crippen LogP contribution >= 0.6 is 23.4 Å². The molecular weight excluding hydrogens is 576 g/mol. The molecule has 4 heterocycles. The van der Waals surface area contributed by atoms with Crippen LogP contribution in [0.1, 0.15) is 16.4 Å². The highest BCUT2D eigenvalue weighted by Gasteiger charge is 2.39. The normalized spacial score (nSPS) is 18.1.